The van der Waals surface area contributed by atoms with Gasteiger partial charge in [0.15, 0.2) is 5.96 Å². The molecule has 1 saturated heterocycles. The maximum absolute atomic E-state index is 12.9. The largest absolute Gasteiger partial charge is 0.491 e. The second-order valence-corrected chi connectivity index (χ2v) is 7.82. The van der Waals surface area contributed by atoms with E-state index in [1.165, 1.54) is 24.3 Å². The zero-order valence-corrected chi connectivity index (χ0v) is 18.4. The summed E-state index contributed by atoms with van der Waals surface area (Å²) in [6.07, 6.45) is 1.62. The molecule has 0 amide bonds. The van der Waals surface area contributed by atoms with Crippen LogP contribution in [0, 0.1) is 5.82 Å². The van der Waals surface area contributed by atoms with Gasteiger partial charge in [-0.05, 0) is 57.9 Å². The van der Waals surface area contributed by atoms with E-state index in [9.17, 15) is 9.50 Å². The lowest BCUT2D eigenvalue weighted by Crippen LogP contribution is -2.49. The molecule has 3 N–H and O–H groups in total. The van der Waals surface area contributed by atoms with Crippen molar-refractivity contribution in [1.82, 2.24) is 15.5 Å². The number of halogens is 1. The van der Waals surface area contributed by atoms with Crippen LogP contribution in [0.1, 0.15) is 33.6 Å². The van der Waals surface area contributed by atoms with Crippen LogP contribution in [0.3, 0.4) is 0 Å². The van der Waals surface area contributed by atoms with E-state index in [4.69, 9.17) is 9.47 Å². The number of nitrogens with one attached hydrogen (secondary N) is 2. The molecule has 0 aromatic heterocycles. The third-order valence-corrected chi connectivity index (χ3v) is 4.85. The Balaban J connectivity index is 1.71. The van der Waals surface area contributed by atoms with Crippen molar-refractivity contribution in [1.29, 1.82) is 0 Å². The number of ether oxygens (including phenoxy) is 2. The van der Waals surface area contributed by atoms with Crippen LogP contribution in [0.4, 0.5) is 4.39 Å². The summed E-state index contributed by atoms with van der Waals surface area (Å²) in [7, 11) is 0. The molecule has 1 aliphatic heterocycles. The third-order valence-electron chi connectivity index (χ3n) is 4.85. The van der Waals surface area contributed by atoms with Crippen LogP contribution >= 0.6 is 0 Å². The van der Waals surface area contributed by atoms with Crippen LogP contribution in [0.5, 0.6) is 5.75 Å². The summed E-state index contributed by atoms with van der Waals surface area (Å²) in [5.74, 6) is 0.915. The van der Waals surface area contributed by atoms with Crippen LogP contribution in [-0.2, 0) is 4.74 Å². The molecule has 1 unspecified atom stereocenters. The van der Waals surface area contributed by atoms with E-state index in [1.807, 2.05) is 6.92 Å². The van der Waals surface area contributed by atoms with Crippen molar-refractivity contribution >= 4 is 5.96 Å². The smallest absolute Gasteiger partial charge is 0.191 e. The molecule has 30 heavy (non-hydrogen) atoms. The highest BCUT2D eigenvalue weighted by molar-refractivity contribution is 5.80. The second-order valence-electron chi connectivity index (χ2n) is 7.82. The van der Waals surface area contributed by atoms with Gasteiger partial charge < -0.3 is 30.1 Å². The first-order chi connectivity index (χ1) is 14.5. The van der Waals surface area contributed by atoms with Gasteiger partial charge in [0, 0.05) is 32.2 Å². The summed E-state index contributed by atoms with van der Waals surface area (Å²) < 4.78 is 24.0. The van der Waals surface area contributed by atoms with Crippen molar-refractivity contribution in [2.24, 2.45) is 4.99 Å². The highest BCUT2D eigenvalue weighted by Crippen LogP contribution is 2.12. The monoisotopic (exact) mass is 424 g/mol. The zero-order chi connectivity index (χ0) is 21.8. The summed E-state index contributed by atoms with van der Waals surface area (Å²) in [5.41, 5.74) is 0. The molecule has 170 valence electrons. The Bertz CT molecular complexity index is 619. The standard InChI is InChI=1S/C22H37FN4O3/c1-4-24-22(25-15-20(28)16-30-21-7-5-18(23)6-8-21)26-19-9-11-27(12-10-19)13-14-29-17(2)3/h5-8,17,19-20,28H,4,9-16H2,1-3H3,(H2,24,25,26). The number of nitrogens with zero attached hydrogens (tertiary/aromatic N) is 2. The average molecular weight is 425 g/mol. The van der Waals surface area contributed by atoms with Crippen LogP contribution in [0.25, 0.3) is 0 Å². The molecule has 1 aromatic carbocycles. The van der Waals surface area contributed by atoms with Gasteiger partial charge in [0.25, 0.3) is 0 Å². The lowest BCUT2D eigenvalue weighted by atomic mass is 10.1. The first-order valence-electron chi connectivity index (χ1n) is 10.9. The fourth-order valence-electron chi connectivity index (χ4n) is 3.20. The summed E-state index contributed by atoms with van der Waals surface area (Å²) in [6, 6.07) is 6.10. The van der Waals surface area contributed by atoms with E-state index in [0.717, 1.165) is 45.6 Å². The number of aliphatic hydroxyl groups is 1. The molecule has 0 bridgehead atoms. The molecule has 1 fully saturated rings. The van der Waals surface area contributed by atoms with E-state index in [2.05, 4.69) is 34.4 Å². The minimum atomic E-state index is -0.742. The normalized spacial score (nSPS) is 17.2. The second kappa shape index (κ2) is 13.4. The number of benzene rings is 1. The predicted molar refractivity (Wildman–Crippen MR) is 118 cm³/mol. The van der Waals surface area contributed by atoms with Gasteiger partial charge in [0.1, 0.15) is 24.3 Å². The molecular formula is C22H37FN4O3. The number of aliphatic imine (C=N–C) groups is 1. The Morgan fingerprint density at radius 2 is 1.97 bits per heavy atom. The van der Waals surface area contributed by atoms with E-state index >= 15 is 0 Å². The molecule has 0 spiro atoms. The Labute approximate surface area is 179 Å². The summed E-state index contributed by atoms with van der Waals surface area (Å²) in [5, 5.41) is 16.9. The Morgan fingerprint density at radius 1 is 1.27 bits per heavy atom. The molecule has 7 nitrogen and oxygen atoms in total. The first kappa shape index (κ1) is 24.4. The maximum Gasteiger partial charge on any atom is 0.191 e. The molecule has 8 heteroatoms. The van der Waals surface area contributed by atoms with Crippen molar-refractivity contribution in [2.75, 3.05) is 45.9 Å². The van der Waals surface area contributed by atoms with Gasteiger partial charge in [-0.15, -0.1) is 0 Å². The molecule has 1 aromatic rings. The number of guanidine groups is 1. The van der Waals surface area contributed by atoms with Crippen molar-refractivity contribution < 1.29 is 19.0 Å². The van der Waals surface area contributed by atoms with Crippen molar-refractivity contribution in [2.45, 2.75) is 51.9 Å². The van der Waals surface area contributed by atoms with E-state index < -0.39 is 6.10 Å². The van der Waals surface area contributed by atoms with Crippen LogP contribution in [0.15, 0.2) is 29.3 Å². The van der Waals surface area contributed by atoms with Gasteiger partial charge in [0.05, 0.1) is 19.3 Å². The van der Waals surface area contributed by atoms with Gasteiger partial charge in [-0.3, -0.25) is 4.99 Å². The van der Waals surface area contributed by atoms with Crippen molar-refractivity contribution in [3.63, 3.8) is 0 Å². The zero-order valence-electron chi connectivity index (χ0n) is 18.4. The molecule has 0 saturated carbocycles. The van der Waals surface area contributed by atoms with Gasteiger partial charge in [-0.2, -0.15) is 0 Å². The number of piperidine rings is 1. The molecule has 0 aliphatic carbocycles. The molecule has 1 heterocycles. The summed E-state index contributed by atoms with van der Waals surface area (Å²) in [6.45, 7) is 11.0. The van der Waals surface area contributed by atoms with E-state index in [0.29, 0.717) is 17.8 Å². The third kappa shape index (κ3) is 9.73. The number of hydrogen-bond donors (Lipinski definition) is 3. The lowest BCUT2D eigenvalue weighted by molar-refractivity contribution is 0.0532. The maximum atomic E-state index is 12.9. The highest BCUT2D eigenvalue weighted by Gasteiger charge is 2.20. The Kier molecular flexibility index (Phi) is 10.9. The van der Waals surface area contributed by atoms with Crippen LogP contribution in [0.2, 0.25) is 0 Å². The SMILES string of the molecule is CCNC(=NCC(O)COc1ccc(F)cc1)NC1CCN(CCOC(C)C)CC1. The topological polar surface area (TPSA) is 78.4 Å². The number of aliphatic hydroxyl groups excluding tert-OH is 1. The van der Waals surface area contributed by atoms with Crippen molar-refractivity contribution in [3.05, 3.63) is 30.1 Å². The van der Waals surface area contributed by atoms with Gasteiger partial charge in [-0.25, -0.2) is 4.39 Å². The Morgan fingerprint density at radius 3 is 2.60 bits per heavy atom. The predicted octanol–water partition coefficient (Wildman–Crippen LogP) is 2.01. The lowest BCUT2D eigenvalue weighted by Gasteiger charge is -2.33. The number of likely N-dealkylation sites (tertiary alicyclic amines) is 1. The summed E-state index contributed by atoms with van der Waals surface area (Å²) in [4.78, 5) is 6.92. The minimum Gasteiger partial charge on any atom is -0.491 e. The fraction of sp³-hybridized carbons (Fsp3) is 0.682. The van der Waals surface area contributed by atoms with Gasteiger partial charge >= 0.3 is 0 Å². The van der Waals surface area contributed by atoms with Gasteiger partial charge in [-0.1, -0.05) is 0 Å². The van der Waals surface area contributed by atoms with Gasteiger partial charge in [0.2, 0.25) is 0 Å². The average Bonchev–Trinajstić information content (AvgIpc) is 2.73. The van der Waals surface area contributed by atoms with E-state index in [-0.39, 0.29) is 25.1 Å². The fourth-order valence-corrected chi connectivity index (χ4v) is 3.20. The Hall–Kier alpha value is -1.90. The highest BCUT2D eigenvalue weighted by atomic mass is 19.1. The van der Waals surface area contributed by atoms with Crippen LogP contribution in [-0.4, -0.2) is 80.2 Å². The minimum absolute atomic E-state index is 0.103. The molecule has 2 rings (SSSR count). The number of hydrogen-bond acceptors (Lipinski definition) is 5. The molecule has 1 atom stereocenters. The molecule has 0 radical (unpaired) electrons. The van der Waals surface area contributed by atoms with Crippen LogP contribution < -0.4 is 15.4 Å². The number of rotatable bonds is 11. The summed E-state index contributed by atoms with van der Waals surface area (Å²) >= 11 is 0. The molecular weight excluding hydrogens is 387 g/mol. The quantitative estimate of drug-likeness (QED) is 0.373. The van der Waals surface area contributed by atoms with Crippen molar-refractivity contribution in [3.8, 4) is 5.75 Å². The van der Waals surface area contributed by atoms with E-state index in [1.54, 1.807) is 0 Å². The molecule has 1 aliphatic rings. The first-order valence-corrected chi connectivity index (χ1v) is 10.9.